The van der Waals surface area contributed by atoms with Crippen molar-refractivity contribution in [3.63, 3.8) is 0 Å². The molecule has 0 saturated heterocycles. The molecule has 1 rings (SSSR count). The van der Waals surface area contributed by atoms with Crippen LogP contribution in [-0.2, 0) is 4.79 Å². The highest BCUT2D eigenvalue weighted by molar-refractivity contribution is 5.60. The van der Waals surface area contributed by atoms with Crippen molar-refractivity contribution >= 4 is 12.4 Å². The van der Waals surface area contributed by atoms with Gasteiger partial charge in [-0.3, -0.25) is 0 Å². The highest BCUT2D eigenvalue weighted by atomic mass is 16.5. The van der Waals surface area contributed by atoms with Gasteiger partial charge in [0.05, 0.1) is 7.11 Å². The van der Waals surface area contributed by atoms with E-state index in [1.165, 1.54) is 7.11 Å². The molecule has 0 aliphatic carbocycles. The Morgan fingerprint density at radius 1 is 1.50 bits per heavy atom. The third kappa shape index (κ3) is 2.62. The molecule has 0 spiro atoms. The topological polar surface area (TPSA) is 46.5 Å². The van der Waals surface area contributed by atoms with Gasteiger partial charge in [-0.05, 0) is 17.7 Å². The third-order valence-electron chi connectivity index (χ3n) is 1.75. The zero-order valence-electron chi connectivity index (χ0n) is 7.93. The van der Waals surface area contributed by atoms with E-state index in [0.717, 1.165) is 11.8 Å². The summed E-state index contributed by atoms with van der Waals surface area (Å²) < 4.78 is 4.94. The Kier molecular flexibility index (Phi) is 3.73. The van der Waals surface area contributed by atoms with Gasteiger partial charge in [0.25, 0.3) is 0 Å². The lowest BCUT2D eigenvalue weighted by Crippen LogP contribution is -1.84. The van der Waals surface area contributed by atoms with Gasteiger partial charge in [0.2, 0.25) is 0 Å². The minimum absolute atomic E-state index is 0.111. The number of ether oxygens (including phenoxy) is 1. The number of benzene rings is 1. The molecule has 0 radical (unpaired) electrons. The Balaban J connectivity index is 2.83. The van der Waals surface area contributed by atoms with Crippen molar-refractivity contribution in [2.75, 3.05) is 7.11 Å². The smallest absolute Gasteiger partial charge is 0.161 e. The van der Waals surface area contributed by atoms with Gasteiger partial charge >= 0.3 is 0 Å². The van der Waals surface area contributed by atoms with E-state index in [-0.39, 0.29) is 5.75 Å². The fraction of sp³-hybridized carbons (Fsp3) is 0.182. The highest BCUT2D eigenvalue weighted by Gasteiger charge is 1.99. The van der Waals surface area contributed by atoms with Gasteiger partial charge in [0, 0.05) is 6.42 Å². The summed E-state index contributed by atoms with van der Waals surface area (Å²) >= 11 is 0. The second kappa shape index (κ2) is 5.07. The minimum Gasteiger partial charge on any atom is -0.504 e. The van der Waals surface area contributed by atoms with Crippen LogP contribution in [0, 0.1) is 0 Å². The quantitative estimate of drug-likeness (QED) is 0.742. The lowest BCUT2D eigenvalue weighted by atomic mass is 10.2. The van der Waals surface area contributed by atoms with Crippen LogP contribution in [0.4, 0.5) is 0 Å². The fourth-order valence-corrected chi connectivity index (χ4v) is 1.06. The first-order valence-corrected chi connectivity index (χ1v) is 4.25. The van der Waals surface area contributed by atoms with Crippen LogP contribution in [-0.4, -0.2) is 18.5 Å². The number of rotatable bonds is 4. The SMILES string of the molecule is COc1cc(/C=C/CC=O)ccc1O. The van der Waals surface area contributed by atoms with Gasteiger partial charge in [0.15, 0.2) is 11.5 Å². The number of phenols is 1. The zero-order chi connectivity index (χ0) is 10.4. The number of phenolic OH excluding ortho intramolecular Hbond substituents is 1. The Labute approximate surface area is 82.6 Å². The molecule has 0 aromatic heterocycles. The molecule has 0 bridgehead atoms. The van der Waals surface area contributed by atoms with Crippen LogP contribution < -0.4 is 4.74 Å². The molecule has 0 unspecified atom stereocenters. The van der Waals surface area contributed by atoms with Crippen LogP contribution in [0.25, 0.3) is 6.08 Å². The standard InChI is InChI=1S/C11H12O3/c1-14-11-8-9(4-2-3-7-12)5-6-10(11)13/h2,4-8,13H,3H2,1H3/b4-2+. The second-order valence-corrected chi connectivity index (χ2v) is 2.74. The van der Waals surface area contributed by atoms with E-state index in [1.807, 2.05) is 0 Å². The summed E-state index contributed by atoms with van der Waals surface area (Å²) in [6.07, 6.45) is 4.77. The first-order valence-electron chi connectivity index (χ1n) is 4.25. The van der Waals surface area contributed by atoms with Crippen LogP contribution in [0.5, 0.6) is 11.5 Å². The van der Waals surface area contributed by atoms with Crippen molar-refractivity contribution in [1.29, 1.82) is 0 Å². The van der Waals surface area contributed by atoms with Crippen molar-refractivity contribution in [2.45, 2.75) is 6.42 Å². The number of allylic oxidation sites excluding steroid dienone is 1. The summed E-state index contributed by atoms with van der Waals surface area (Å²) in [5, 5.41) is 9.30. The lowest BCUT2D eigenvalue weighted by Gasteiger charge is -2.03. The maximum absolute atomic E-state index is 10.1. The molecule has 0 aliphatic rings. The van der Waals surface area contributed by atoms with E-state index < -0.39 is 0 Å². The largest absolute Gasteiger partial charge is 0.504 e. The Bertz CT molecular complexity index is 342. The Morgan fingerprint density at radius 2 is 2.29 bits per heavy atom. The second-order valence-electron chi connectivity index (χ2n) is 2.74. The van der Waals surface area contributed by atoms with Crippen molar-refractivity contribution in [2.24, 2.45) is 0 Å². The van der Waals surface area contributed by atoms with Crippen molar-refractivity contribution in [3.8, 4) is 11.5 Å². The maximum atomic E-state index is 10.1. The van der Waals surface area contributed by atoms with E-state index >= 15 is 0 Å². The number of hydrogen-bond donors (Lipinski definition) is 1. The number of hydrogen-bond acceptors (Lipinski definition) is 3. The molecule has 0 fully saturated rings. The summed E-state index contributed by atoms with van der Waals surface area (Å²) in [6.45, 7) is 0. The molecule has 1 aromatic carbocycles. The monoisotopic (exact) mass is 192 g/mol. The van der Waals surface area contributed by atoms with Crippen molar-refractivity contribution in [3.05, 3.63) is 29.8 Å². The molecule has 0 amide bonds. The maximum Gasteiger partial charge on any atom is 0.161 e. The number of aldehydes is 1. The van der Waals surface area contributed by atoms with Gasteiger partial charge in [0.1, 0.15) is 6.29 Å². The Morgan fingerprint density at radius 3 is 2.93 bits per heavy atom. The van der Waals surface area contributed by atoms with E-state index in [2.05, 4.69) is 0 Å². The zero-order valence-corrected chi connectivity index (χ0v) is 7.93. The number of carbonyl (C=O) groups excluding carboxylic acids is 1. The summed E-state index contributed by atoms with van der Waals surface area (Å²) in [6, 6.07) is 5.01. The molecule has 3 nitrogen and oxygen atoms in total. The number of methoxy groups -OCH3 is 1. The third-order valence-corrected chi connectivity index (χ3v) is 1.75. The normalized spacial score (nSPS) is 10.4. The summed E-state index contributed by atoms with van der Waals surface area (Å²) in [5.41, 5.74) is 0.890. The molecule has 1 aromatic rings. The van der Waals surface area contributed by atoms with E-state index in [0.29, 0.717) is 12.2 Å². The first kappa shape index (κ1) is 10.3. The molecule has 14 heavy (non-hydrogen) atoms. The van der Waals surface area contributed by atoms with Crippen LogP contribution in [0.2, 0.25) is 0 Å². The summed E-state index contributed by atoms with van der Waals surface area (Å²) in [4.78, 5) is 10.1. The molecule has 0 heterocycles. The molecular formula is C11H12O3. The van der Waals surface area contributed by atoms with Gasteiger partial charge in [-0.15, -0.1) is 0 Å². The average Bonchev–Trinajstić information content (AvgIpc) is 2.21. The van der Waals surface area contributed by atoms with Crippen LogP contribution >= 0.6 is 0 Å². The van der Waals surface area contributed by atoms with Crippen LogP contribution in [0.15, 0.2) is 24.3 Å². The molecule has 3 heteroatoms. The molecule has 0 aliphatic heterocycles. The molecule has 0 atom stereocenters. The van der Waals surface area contributed by atoms with Crippen molar-refractivity contribution in [1.82, 2.24) is 0 Å². The average molecular weight is 192 g/mol. The van der Waals surface area contributed by atoms with Gasteiger partial charge in [-0.2, -0.15) is 0 Å². The minimum atomic E-state index is 0.111. The number of aromatic hydroxyl groups is 1. The van der Waals surface area contributed by atoms with E-state index in [4.69, 9.17) is 4.74 Å². The molecule has 0 saturated carbocycles. The van der Waals surface area contributed by atoms with Gasteiger partial charge < -0.3 is 14.6 Å². The van der Waals surface area contributed by atoms with Crippen LogP contribution in [0.1, 0.15) is 12.0 Å². The van der Waals surface area contributed by atoms with Gasteiger partial charge in [-0.25, -0.2) is 0 Å². The highest BCUT2D eigenvalue weighted by Crippen LogP contribution is 2.26. The van der Waals surface area contributed by atoms with E-state index in [1.54, 1.807) is 30.4 Å². The summed E-state index contributed by atoms with van der Waals surface area (Å²) in [5.74, 6) is 0.540. The van der Waals surface area contributed by atoms with Gasteiger partial charge in [-0.1, -0.05) is 18.2 Å². The Hall–Kier alpha value is -1.77. The molecule has 1 N–H and O–H groups in total. The fourth-order valence-electron chi connectivity index (χ4n) is 1.06. The predicted octanol–water partition coefficient (Wildman–Crippen LogP) is 2.00. The first-order chi connectivity index (χ1) is 6.77. The van der Waals surface area contributed by atoms with Crippen LogP contribution in [0.3, 0.4) is 0 Å². The van der Waals surface area contributed by atoms with Crippen molar-refractivity contribution < 1.29 is 14.6 Å². The number of carbonyl (C=O) groups is 1. The predicted molar refractivity (Wildman–Crippen MR) is 54.4 cm³/mol. The molecule has 74 valence electrons. The summed E-state index contributed by atoms with van der Waals surface area (Å²) in [7, 11) is 1.49. The molecular weight excluding hydrogens is 180 g/mol. The lowest BCUT2D eigenvalue weighted by molar-refractivity contribution is -0.107. The van der Waals surface area contributed by atoms with E-state index in [9.17, 15) is 9.90 Å².